The minimum absolute atomic E-state index is 0.466. The highest BCUT2D eigenvalue weighted by atomic mass is 32.1. The zero-order valence-electron chi connectivity index (χ0n) is 13.7. The number of aromatic nitrogens is 1. The van der Waals surface area contributed by atoms with Crippen molar-refractivity contribution in [2.24, 2.45) is 0 Å². The van der Waals surface area contributed by atoms with E-state index in [1.807, 2.05) is 27.0 Å². The van der Waals surface area contributed by atoms with Crippen LogP contribution in [-0.4, -0.2) is 47.9 Å². The second-order valence-corrected chi connectivity index (χ2v) is 7.60. The zero-order chi connectivity index (χ0) is 16.2. The lowest BCUT2D eigenvalue weighted by molar-refractivity contribution is 0.0636. The lowest BCUT2D eigenvalue weighted by atomic mass is 10.2. The van der Waals surface area contributed by atoms with Crippen LogP contribution in [0.3, 0.4) is 0 Å². The molecule has 1 aliphatic heterocycles. The van der Waals surface area contributed by atoms with Crippen molar-refractivity contribution in [2.45, 2.75) is 51.8 Å². The second kappa shape index (κ2) is 7.39. The van der Waals surface area contributed by atoms with Crippen LogP contribution in [0.5, 0.6) is 0 Å². The Morgan fingerprint density at radius 3 is 3.00 bits per heavy atom. The molecule has 1 saturated heterocycles. The molecule has 1 amide bonds. The summed E-state index contributed by atoms with van der Waals surface area (Å²) in [6, 6.07) is 0.481. The highest BCUT2D eigenvalue weighted by Gasteiger charge is 2.25. The van der Waals surface area contributed by atoms with Crippen molar-refractivity contribution in [3.05, 3.63) is 11.1 Å². The van der Waals surface area contributed by atoms with Crippen molar-refractivity contribution in [1.82, 2.24) is 9.88 Å². The average molecular weight is 327 g/mol. The van der Waals surface area contributed by atoms with E-state index in [9.17, 15) is 4.79 Å². The van der Waals surface area contributed by atoms with E-state index in [0.29, 0.717) is 11.2 Å². The molecule has 0 aliphatic carbocycles. The van der Waals surface area contributed by atoms with Crippen LogP contribution in [0.4, 0.5) is 9.93 Å². The number of nitrogens with one attached hydrogen (secondary N) is 1. The Bertz CT molecular complexity index is 498. The number of hydrogen-bond acceptors (Lipinski definition) is 6. The molecule has 0 aromatic carbocycles. The van der Waals surface area contributed by atoms with Crippen LogP contribution in [-0.2, 0) is 16.0 Å². The molecule has 0 spiro atoms. The summed E-state index contributed by atoms with van der Waals surface area (Å²) in [6.45, 7) is 8.21. The first-order valence-corrected chi connectivity index (χ1v) is 8.37. The number of anilines is 1. The largest absolute Gasteiger partial charge is 0.444 e. The van der Waals surface area contributed by atoms with E-state index in [1.165, 1.54) is 24.2 Å². The van der Waals surface area contributed by atoms with Gasteiger partial charge in [-0.15, -0.1) is 11.3 Å². The third-order valence-electron chi connectivity index (χ3n) is 3.38. The van der Waals surface area contributed by atoms with Crippen molar-refractivity contribution in [3.63, 3.8) is 0 Å². The molecule has 0 radical (unpaired) electrons. The van der Waals surface area contributed by atoms with Crippen LogP contribution < -0.4 is 5.32 Å². The highest BCUT2D eigenvalue weighted by Crippen LogP contribution is 2.25. The predicted molar refractivity (Wildman–Crippen MR) is 87.3 cm³/mol. The summed E-state index contributed by atoms with van der Waals surface area (Å²) >= 11 is 1.49. The lowest BCUT2D eigenvalue weighted by Crippen LogP contribution is -2.32. The minimum Gasteiger partial charge on any atom is -0.444 e. The normalized spacial score (nSPS) is 19.4. The minimum atomic E-state index is -0.507. The molecule has 22 heavy (non-hydrogen) atoms. The van der Waals surface area contributed by atoms with Crippen LogP contribution >= 0.6 is 11.3 Å². The van der Waals surface area contributed by atoms with Gasteiger partial charge in [-0.1, -0.05) is 0 Å². The number of nitrogens with zero attached hydrogens (tertiary/aromatic N) is 2. The van der Waals surface area contributed by atoms with Crippen LogP contribution in [0.25, 0.3) is 0 Å². The average Bonchev–Trinajstić information content (AvgIpc) is 2.98. The fraction of sp³-hybridized carbons (Fsp3) is 0.733. The third kappa shape index (κ3) is 5.23. The maximum absolute atomic E-state index is 11.7. The van der Waals surface area contributed by atoms with E-state index in [0.717, 1.165) is 24.6 Å². The van der Waals surface area contributed by atoms with Gasteiger partial charge in [0.15, 0.2) is 5.13 Å². The van der Waals surface area contributed by atoms with Gasteiger partial charge in [0.25, 0.3) is 0 Å². The molecule has 1 N–H and O–H groups in total. The monoisotopic (exact) mass is 327 g/mol. The van der Waals surface area contributed by atoms with E-state index in [-0.39, 0.29) is 0 Å². The molecule has 0 unspecified atom stereocenters. The van der Waals surface area contributed by atoms with Crippen LogP contribution in [0.1, 0.15) is 38.5 Å². The van der Waals surface area contributed by atoms with Gasteiger partial charge >= 0.3 is 6.09 Å². The predicted octanol–water partition coefficient (Wildman–Crippen LogP) is 3.10. The van der Waals surface area contributed by atoms with Gasteiger partial charge < -0.3 is 9.47 Å². The van der Waals surface area contributed by atoms with Crippen LogP contribution in [0, 0.1) is 0 Å². The van der Waals surface area contributed by atoms with Gasteiger partial charge in [-0.05, 0) is 40.2 Å². The standard InChI is InChI=1S/C15H25N3O3S/c1-15(2,3)21-14(19)17-13-16-8-12(22-13)9-18-7-5-6-11(18)10-20-4/h8,11H,5-7,9-10H2,1-4H3,(H,16,17,19)/t11-/m1/s1. The van der Waals surface area contributed by atoms with Crippen LogP contribution in [0.2, 0.25) is 0 Å². The van der Waals surface area contributed by atoms with E-state index in [2.05, 4.69) is 15.2 Å². The molecule has 0 bridgehead atoms. The van der Waals surface area contributed by atoms with E-state index >= 15 is 0 Å². The molecule has 2 rings (SSSR count). The molecule has 7 heteroatoms. The summed E-state index contributed by atoms with van der Waals surface area (Å²) in [5.74, 6) is 0. The summed E-state index contributed by atoms with van der Waals surface area (Å²) in [7, 11) is 1.74. The van der Waals surface area contributed by atoms with Crippen molar-refractivity contribution in [2.75, 3.05) is 25.6 Å². The Morgan fingerprint density at radius 2 is 2.32 bits per heavy atom. The first-order valence-electron chi connectivity index (χ1n) is 7.55. The first-order chi connectivity index (χ1) is 10.4. The summed E-state index contributed by atoms with van der Waals surface area (Å²) in [5, 5.41) is 3.26. The number of hydrogen-bond donors (Lipinski definition) is 1. The maximum atomic E-state index is 11.7. The maximum Gasteiger partial charge on any atom is 0.413 e. The fourth-order valence-electron chi connectivity index (χ4n) is 2.51. The first kappa shape index (κ1) is 17.2. The smallest absolute Gasteiger partial charge is 0.413 e. The molecular weight excluding hydrogens is 302 g/mol. The van der Waals surface area contributed by atoms with Gasteiger partial charge in [0, 0.05) is 30.8 Å². The molecule has 1 aromatic rings. The molecule has 1 fully saturated rings. The number of carbonyl (C=O) groups is 1. The van der Waals surface area contributed by atoms with Gasteiger partial charge in [0.1, 0.15) is 5.60 Å². The highest BCUT2D eigenvalue weighted by molar-refractivity contribution is 7.15. The Balaban J connectivity index is 1.87. The fourth-order valence-corrected chi connectivity index (χ4v) is 3.34. The molecule has 6 nitrogen and oxygen atoms in total. The summed E-state index contributed by atoms with van der Waals surface area (Å²) in [4.78, 5) is 19.5. The van der Waals surface area contributed by atoms with E-state index in [1.54, 1.807) is 7.11 Å². The van der Waals surface area contributed by atoms with Crippen molar-refractivity contribution in [3.8, 4) is 0 Å². The number of rotatable bonds is 5. The number of ether oxygens (including phenoxy) is 2. The molecule has 124 valence electrons. The Morgan fingerprint density at radius 1 is 1.55 bits per heavy atom. The quantitative estimate of drug-likeness (QED) is 0.900. The van der Waals surface area contributed by atoms with Crippen molar-refractivity contribution in [1.29, 1.82) is 0 Å². The summed E-state index contributed by atoms with van der Waals surface area (Å²) in [5.41, 5.74) is -0.507. The number of likely N-dealkylation sites (tertiary alicyclic amines) is 1. The zero-order valence-corrected chi connectivity index (χ0v) is 14.5. The lowest BCUT2D eigenvalue weighted by Gasteiger charge is -2.22. The van der Waals surface area contributed by atoms with Gasteiger partial charge in [0.2, 0.25) is 0 Å². The number of thiazole rings is 1. The molecule has 1 aliphatic rings. The van der Waals surface area contributed by atoms with E-state index in [4.69, 9.17) is 9.47 Å². The van der Waals surface area contributed by atoms with E-state index < -0.39 is 11.7 Å². The number of carbonyl (C=O) groups excluding carboxylic acids is 1. The SMILES string of the molecule is COC[C@H]1CCCN1Cc1cnc(NC(=O)OC(C)(C)C)s1. The number of methoxy groups -OCH3 is 1. The van der Waals surface area contributed by atoms with Gasteiger partial charge in [-0.3, -0.25) is 10.2 Å². The molecule has 2 heterocycles. The summed E-state index contributed by atoms with van der Waals surface area (Å²) < 4.78 is 10.5. The second-order valence-electron chi connectivity index (χ2n) is 6.48. The van der Waals surface area contributed by atoms with Crippen LogP contribution in [0.15, 0.2) is 6.20 Å². The molecule has 1 aromatic heterocycles. The Kier molecular flexibility index (Phi) is 5.77. The van der Waals surface area contributed by atoms with Gasteiger partial charge in [-0.25, -0.2) is 9.78 Å². The topological polar surface area (TPSA) is 63.7 Å². The third-order valence-corrected chi connectivity index (χ3v) is 4.28. The molecule has 0 saturated carbocycles. The molecular formula is C15H25N3O3S. The van der Waals surface area contributed by atoms with Gasteiger partial charge in [0.05, 0.1) is 6.61 Å². The Hall–Kier alpha value is -1.18. The number of amides is 1. The Labute approximate surface area is 135 Å². The van der Waals surface area contributed by atoms with Gasteiger partial charge in [-0.2, -0.15) is 0 Å². The van der Waals surface area contributed by atoms with Crippen molar-refractivity contribution >= 4 is 22.6 Å². The molecule has 1 atom stereocenters. The summed E-state index contributed by atoms with van der Waals surface area (Å²) in [6.07, 6.45) is 3.73. The van der Waals surface area contributed by atoms with Crippen molar-refractivity contribution < 1.29 is 14.3 Å².